The predicted octanol–water partition coefficient (Wildman–Crippen LogP) is 2.28. The summed E-state index contributed by atoms with van der Waals surface area (Å²) < 4.78 is 26.1. The first-order valence-electron chi connectivity index (χ1n) is 5.69. The number of nitrogens with zero attached hydrogens (tertiary/aromatic N) is 3. The van der Waals surface area contributed by atoms with Crippen molar-refractivity contribution in [2.45, 2.75) is 13.0 Å². The van der Waals surface area contributed by atoms with Crippen molar-refractivity contribution in [2.75, 3.05) is 0 Å². The molecule has 0 atom stereocenters. The third kappa shape index (κ3) is 3.71. The first-order chi connectivity index (χ1) is 9.56. The molecular weight excluding hydrogens is 288 g/mol. The van der Waals surface area contributed by atoms with Gasteiger partial charge in [0.05, 0.1) is 6.54 Å². The lowest BCUT2D eigenvalue weighted by molar-refractivity contribution is -0.128. The van der Waals surface area contributed by atoms with Crippen LogP contribution in [0.25, 0.3) is 0 Å². The van der Waals surface area contributed by atoms with E-state index in [9.17, 15) is 13.6 Å². The van der Waals surface area contributed by atoms with Gasteiger partial charge in [0, 0.05) is 12.4 Å². The van der Waals surface area contributed by atoms with Crippen molar-refractivity contribution in [2.24, 2.45) is 4.99 Å². The van der Waals surface area contributed by atoms with Crippen LogP contribution in [0.5, 0.6) is 0 Å². The Morgan fingerprint density at radius 2 is 2.15 bits per heavy atom. The molecule has 1 amide bonds. The van der Waals surface area contributed by atoms with Gasteiger partial charge in [0.15, 0.2) is 0 Å². The van der Waals surface area contributed by atoms with Gasteiger partial charge >= 0.3 is 12.3 Å². The molecule has 20 heavy (non-hydrogen) atoms. The molecule has 0 N–H and O–H groups in total. The lowest BCUT2D eigenvalue weighted by Gasteiger charge is -2.07. The number of hydrogen-bond donors (Lipinski definition) is 0. The zero-order valence-corrected chi connectivity index (χ0v) is 11.0. The van der Waals surface area contributed by atoms with Gasteiger partial charge in [-0.15, -0.1) is 0 Å². The maximum atomic E-state index is 12.2. The van der Waals surface area contributed by atoms with E-state index in [1.165, 1.54) is 6.07 Å². The molecule has 0 saturated carbocycles. The van der Waals surface area contributed by atoms with E-state index in [0.29, 0.717) is 11.7 Å². The van der Waals surface area contributed by atoms with E-state index in [1.807, 2.05) is 0 Å². The number of halogens is 3. The monoisotopic (exact) mass is 297 g/mol. The number of rotatable bonds is 3. The van der Waals surface area contributed by atoms with Crippen LogP contribution in [0.15, 0.2) is 47.7 Å². The van der Waals surface area contributed by atoms with Crippen LogP contribution in [-0.4, -0.2) is 21.9 Å². The molecule has 0 aliphatic heterocycles. The van der Waals surface area contributed by atoms with E-state index in [1.54, 1.807) is 41.2 Å². The highest BCUT2D eigenvalue weighted by Gasteiger charge is 2.13. The first kappa shape index (κ1) is 14.3. The molecule has 0 radical (unpaired) electrons. The zero-order chi connectivity index (χ0) is 14.5. The van der Waals surface area contributed by atoms with Gasteiger partial charge in [0.1, 0.15) is 10.6 Å². The Hall–Kier alpha value is -2.08. The SMILES string of the molecule is O=C(N=c1ccccn1Cc1ccc(Cl)nc1)C(F)F. The highest BCUT2D eigenvalue weighted by molar-refractivity contribution is 6.29. The Balaban J connectivity index is 2.33. The van der Waals surface area contributed by atoms with Crippen molar-refractivity contribution in [3.05, 3.63) is 58.9 Å². The number of hydrogen-bond acceptors (Lipinski definition) is 2. The summed E-state index contributed by atoms with van der Waals surface area (Å²) >= 11 is 5.69. The molecule has 104 valence electrons. The molecule has 0 aliphatic rings. The summed E-state index contributed by atoms with van der Waals surface area (Å²) in [6.07, 6.45) is 0.105. The molecule has 2 aromatic rings. The highest BCUT2D eigenvalue weighted by Crippen LogP contribution is 2.06. The second-order valence-corrected chi connectivity index (χ2v) is 4.31. The van der Waals surface area contributed by atoms with E-state index < -0.39 is 12.3 Å². The molecule has 0 aliphatic carbocycles. The largest absolute Gasteiger partial charge is 0.328 e. The van der Waals surface area contributed by atoms with Gasteiger partial charge < -0.3 is 4.57 Å². The molecule has 0 unspecified atom stereocenters. The number of alkyl halides is 2. The van der Waals surface area contributed by atoms with Crippen LogP contribution in [-0.2, 0) is 11.3 Å². The average molecular weight is 298 g/mol. The summed E-state index contributed by atoms with van der Waals surface area (Å²) in [5, 5.41) is 0.365. The normalized spacial score (nSPS) is 11.9. The zero-order valence-electron chi connectivity index (χ0n) is 10.2. The minimum atomic E-state index is -3.11. The maximum Gasteiger partial charge on any atom is 0.317 e. The predicted molar refractivity (Wildman–Crippen MR) is 69.4 cm³/mol. The fraction of sp³-hybridized carbons (Fsp3) is 0.154. The summed E-state index contributed by atoms with van der Waals surface area (Å²) in [7, 11) is 0. The fourth-order valence-corrected chi connectivity index (χ4v) is 1.67. The summed E-state index contributed by atoms with van der Waals surface area (Å²) in [5.41, 5.74) is 0.972. The van der Waals surface area contributed by atoms with E-state index in [-0.39, 0.29) is 5.49 Å². The summed E-state index contributed by atoms with van der Waals surface area (Å²) in [6.45, 7) is 0.348. The number of amides is 1. The van der Waals surface area contributed by atoms with Gasteiger partial charge in [-0.1, -0.05) is 23.7 Å². The minimum Gasteiger partial charge on any atom is -0.328 e. The Morgan fingerprint density at radius 3 is 2.80 bits per heavy atom. The number of aromatic nitrogens is 2. The van der Waals surface area contributed by atoms with Crippen molar-refractivity contribution >= 4 is 17.5 Å². The molecule has 7 heteroatoms. The van der Waals surface area contributed by atoms with E-state index in [2.05, 4.69) is 9.98 Å². The van der Waals surface area contributed by atoms with Crippen molar-refractivity contribution in [3.8, 4) is 0 Å². The summed E-state index contributed by atoms with van der Waals surface area (Å²) in [4.78, 5) is 18.3. The van der Waals surface area contributed by atoms with Crippen molar-refractivity contribution < 1.29 is 13.6 Å². The highest BCUT2D eigenvalue weighted by atomic mass is 35.5. The van der Waals surface area contributed by atoms with E-state index in [0.717, 1.165) is 5.56 Å². The topological polar surface area (TPSA) is 47.2 Å². The number of carbonyl (C=O) groups excluding carboxylic acids is 1. The second kappa shape index (κ2) is 6.38. The maximum absolute atomic E-state index is 12.2. The molecular formula is C13H10ClF2N3O. The Morgan fingerprint density at radius 1 is 1.35 bits per heavy atom. The van der Waals surface area contributed by atoms with E-state index in [4.69, 9.17) is 11.6 Å². The molecule has 4 nitrogen and oxygen atoms in total. The molecule has 2 aromatic heterocycles. The number of carbonyl (C=O) groups is 1. The Bertz CT molecular complexity index is 668. The van der Waals surface area contributed by atoms with Gasteiger partial charge in [0.2, 0.25) is 0 Å². The van der Waals surface area contributed by atoms with Crippen LogP contribution in [0.2, 0.25) is 5.15 Å². The van der Waals surface area contributed by atoms with Gasteiger partial charge in [0.25, 0.3) is 0 Å². The third-order valence-corrected chi connectivity index (χ3v) is 2.69. The Labute approximate surface area is 118 Å². The molecule has 2 heterocycles. The van der Waals surface area contributed by atoms with Gasteiger partial charge in [-0.3, -0.25) is 4.79 Å². The van der Waals surface area contributed by atoms with Crippen LogP contribution in [0.4, 0.5) is 8.78 Å². The molecule has 0 fully saturated rings. The lowest BCUT2D eigenvalue weighted by Crippen LogP contribution is -2.23. The van der Waals surface area contributed by atoms with Crippen LogP contribution in [0.1, 0.15) is 5.56 Å². The lowest BCUT2D eigenvalue weighted by atomic mass is 10.3. The summed E-state index contributed by atoms with van der Waals surface area (Å²) in [6, 6.07) is 8.21. The van der Waals surface area contributed by atoms with Gasteiger partial charge in [-0.2, -0.15) is 13.8 Å². The third-order valence-electron chi connectivity index (χ3n) is 2.47. The van der Waals surface area contributed by atoms with Crippen LogP contribution >= 0.6 is 11.6 Å². The van der Waals surface area contributed by atoms with Gasteiger partial charge in [-0.05, 0) is 23.8 Å². The average Bonchev–Trinajstić information content (AvgIpc) is 2.43. The molecule has 2 rings (SSSR count). The molecule has 0 saturated heterocycles. The van der Waals surface area contributed by atoms with Crippen LogP contribution in [0.3, 0.4) is 0 Å². The van der Waals surface area contributed by atoms with Gasteiger partial charge in [-0.25, -0.2) is 4.98 Å². The molecule has 0 spiro atoms. The van der Waals surface area contributed by atoms with Crippen molar-refractivity contribution in [1.29, 1.82) is 0 Å². The van der Waals surface area contributed by atoms with Crippen molar-refractivity contribution in [1.82, 2.24) is 9.55 Å². The quantitative estimate of drug-likeness (QED) is 0.816. The summed E-state index contributed by atoms with van der Waals surface area (Å²) in [5.74, 6) is -1.46. The Kier molecular flexibility index (Phi) is 4.57. The minimum absolute atomic E-state index is 0.160. The second-order valence-electron chi connectivity index (χ2n) is 3.93. The fourth-order valence-electron chi connectivity index (χ4n) is 1.56. The van der Waals surface area contributed by atoms with Crippen LogP contribution < -0.4 is 5.49 Å². The molecule has 0 aromatic carbocycles. The molecule has 0 bridgehead atoms. The van der Waals surface area contributed by atoms with Crippen LogP contribution in [0, 0.1) is 0 Å². The van der Waals surface area contributed by atoms with E-state index >= 15 is 0 Å². The smallest absolute Gasteiger partial charge is 0.317 e. The standard InChI is InChI=1S/C13H10ClF2N3O/c14-10-5-4-9(7-17-10)8-19-6-2-1-3-11(19)18-13(20)12(15)16/h1-7,12H,8H2. The number of pyridine rings is 2. The first-order valence-corrected chi connectivity index (χ1v) is 6.06. The van der Waals surface area contributed by atoms with Crippen molar-refractivity contribution in [3.63, 3.8) is 0 Å².